The summed E-state index contributed by atoms with van der Waals surface area (Å²) in [6.45, 7) is 4.02. The summed E-state index contributed by atoms with van der Waals surface area (Å²) >= 11 is 0. The van der Waals surface area contributed by atoms with E-state index in [0.717, 1.165) is 23.7 Å². The molecular formula is C19H30F3IN4O. The zero-order valence-corrected chi connectivity index (χ0v) is 19.0. The molecule has 2 rings (SSSR count). The van der Waals surface area contributed by atoms with Crippen LogP contribution in [0.4, 0.5) is 13.2 Å². The first kappa shape index (κ1) is 24.8. The van der Waals surface area contributed by atoms with E-state index in [-0.39, 0.29) is 29.9 Å². The Hall–Kier alpha value is -1.23. The highest BCUT2D eigenvalue weighted by Crippen LogP contribution is 2.22. The third-order valence-corrected chi connectivity index (χ3v) is 4.55. The molecule has 0 aliphatic carbocycles. The lowest BCUT2D eigenvalue weighted by Gasteiger charge is -2.24. The first-order valence-corrected chi connectivity index (χ1v) is 9.23. The summed E-state index contributed by atoms with van der Waals surface area (Å²) < 4.78 is 42.9. The Kier molecular flexibility index (Phi) is 10.4. The Morgan fingerprint density at radius 3 is 2.57 bits per heavy atom. The van der Waals surface area contributed by atoms with Crippen LogP contribution >= 0.6 is 24.0 Å². The maximum atomic E-state index is 12.5. The largest absolute Gasteiger partial charge is 0.494 e. The second-order valence-corrected chi connectivity index (χ2v) is 6.87. The van der Waals surface area contributed by atoms with Crippen molar-refractivity contribution < 1.29 is 17.9 Å². The van der Waals surface area contributed by atoms with Crippen molar-refractivity contribution >= 4 is 29.9 Å². The summed E-state index contributed by atoms with van der Waals surface area (Å²) in [5.41, 5.74) is 1.13. The minimum absolute atomic E-state index is 0. The van der Waals surface area contributed by atoms with Crippen molar-refractivity contribution in [1.82, 2.24) is 15.1 Å². The minimum atomic E-state index is -4.13. The number of aliphatic imine (C=N–C) groups is 1. The van der Waals surface area contributed by atoms with Gasteiger partial charge in [-0.25, -0.2) is 0 Å². The number of nitrogens with zero attached hydrogens (tertiary/aromatic N) is 3. The van der Waals surface area contributed by atoms with Crippen molar-refractivity contribution in [2.45, 2.75) is 26.1 Å². The molecule has 1 unspecified atom stereocenters. The summed E-state index contributed by atoms with van der Waals surface area (Å²) in [5.74, 6) is 1.78. The molecule has 1 aliphatic rings. The van der Waals surface area contributed by atoms with E-state index in [2.05, 4.69) is 10.3 Å². The smallest absolute Gasteiger partial charge is 0.401 e. The molecule has 0 aromatic heterocycles. The normalized spacial score (nSPS) is 17.9. The van der Waals surface area contributed by atoms with Gasteiger partial charge in [-0.2, -0.15) is 13.2 Å². The summed E-state index contributed by atoms with van der Waals surface area (Å²) in [6, 6.07) is 7.91. The molecule has 0 bridgehead atoms. The SMILES string of the molecule is CCOc1ccc(CN(C)C(=NC)NCC2CCN(CC(F)(F)F)C2)cc1.I. The average molecular weight is 514 g/mol. The molecule has 160 valence electrons. The fourth-order valence-electron chi connectivity index (χ4n) is 3.30. The van der Waals surface area contributed by atoms with Gasteiger partial charge in [-0.1, -0.05) is 12.1 Å². The molecule has 1 fully saturated rings. The van der Waals surface area contributed by atoms with Crippen LogP contribution in [0.15, 0.2) is 29.3 Å². The third kappa shape index (κ3) is 8.42. The number of hydrogen-bond acceptors (Lipinski definition) is 3. The molecule has 1 heterocycles. The zero-order valence-electron chi connectivity index (χ0n) is 16.6. The van der Waals surface area contributed by atoms with Crippen LogP contribution in [0.5, 0.6) is 5.75 Å². The zero-order chi connectivity index (χ0) is 19.9. The van der Waals surface area contributed by atoms with Crippen LogP contribution in [0.1, 0.15) is 18.9 Å². The molecule has 28 heavy (non-hydrogen) atoms. The molecule has 0 spiro atoms. The summed E-state index contributed by atoms with van der Waals surface area (Å²) in [5, 5.41) is 3.29. The standard InChI is InChI=1S/C19H29F3N4O.HI/c1-4-27-17-7-5-15(6-8-17)12-25(3)18(23-2)24-11-16-9-10-26(13-16)14-19(20,21)22;/h5-8,16H,4,9-14H2,1-3H3,(H,23,24);1H. The number of nitrogens with one attached hydrogen (secondary N) is 1. The Bertz CT molecular complexity index is 610. The number of halogens is 4. The van der Waals surface area contributed by atoms with Gasteiger partial charge in [0, 0.05) is 33.7 Å². The number of hydrogen-bond donors (Lipinski definition) is 1. The third-order valence-electron chi connectivity index (χ3n) is 4.55. The second-order valence-electron chi connectivity index (χ2n) is 6.87. The maximum Gasteiger partial charge on any atom is 0.401 e. The van der Waals surface area contributed by atoms with Gasteiger partial charge in [0.2, 0.25) is 0 Å². The highest BCUT2D eigenvalue weighted by molar-refractivity contribution is 14.0. The maximum absolute atomic E-state index is 12.5. The van der Waals surface area contributed by atoms with Gasteiger partial charge in [0.25, 0.3) is 0 Å². The van der Waals surface area contributed by atoms with E-state index in [1.807, 2.05) is 43.1 Å². The van der Waals surface area contributed by atoms with Crippen molar-refractivity contribution in [2.24, 2.45) is 10.9 Å². The molecule has 0 radical (unpaired) electrons. The summed E-state index contributed by atoms with van der Waals surface area (Å²) in [6.07, 6.45) is -3.36. The van der Waals surface area contributed by atoms with E-state index in [1.54, 1.807) is 7.05 Å². The molecule has 0 amide bonds. The van der Waals surface area contributed by atoms with Crippen LogP contribution < -0.4 is 10.1 Å². The van der Waals surface area contributed by atoms with E-state index < -0.39 is 12.7 Å². The van der Waals surface area contributed by atoms with Crippen LogP contribution in [-0.4, -0.2) is 68.8 Å². The predicted octanol–water partition coefficient (Wildman–Crippen LogP) is 3.59. The first-order chi connectivity index (χ1) is 12.8. The Morgan fingerprint density at radius 2 is 2.00 bits per heavy atom. The topological polar surface area (TPSA) is 40.1 Å². The van der Waals surface area contributed by atoms with Gasteiger partial charge >= 0.3 is 6.18 Å². The molecule has 1 aromatic rings. The van der Waals surface area contributed by atoms with E-state index in [4.69, 9.17) is 4.74 Å². The molecule has 1 aromatic carbocycles. The highest BCUT2D eigenvalue weighted by Gasteiger charge is 2.34. The fourth-order valence-corrected chi connectivity index (χ4v) is 3.30. The van der Waals surface area contributed by atoms with Crippen molar-refractivity contribution in [3.05, 3.63) is 29.8 Å². The van der Waals surface area contributed by atoms with Crippen LogP contribution in [0.2, 0.25) is 0 Å². The van der Waals surface area contributed by atoms with Gasteiger partial charge in [-0.05, 0) is 43.5 Å². The fraction of sp³-hybridized carbons (Fsp3) is 0.632. The van der Waals surface area contributed by atoms with Crippen molar-refractivity contribution in [3.8, 4) is 5.75 Å². The molecule has 1 saturated heterocycles. The van der Waals surface area contributed by atoms with Gasteiger partial charge in [0.05, 0.1) is 13.2 Å². The second kappa shape index (κ2) is 11.7. The van der Waals surface area contributed by atoms with Crippen LogP contribution in [-0.2, 0) is 6.54 Å². The van der Waals surface area contributed by atoms with Crippen LogP contribution in [0.25, 0.3) is 0 Å². The molecule has 1 N–H and O–H groups in total. The number of benzene rings is 1. The lowest BCUT2D eigenvalue weighted by molar-refractivity contribution is -0.143. The number of guanidine groups is 1. The molecule has 5 nitrogen and oxygen atoms in total. The minimum Gasteiger partial charge on any atom is -0.494 e. The van der Waals surface area contributed by atoms with Gasteiger partial charge in [-0.3, -0.25) is 9.89 Å². The number of alkyl halides is 3. The van der Waals surface area contributed by atoms with Crippen LogP contribution in [0, 0.1) is 5.92 Å². The summed E-state index contributed by atoms with van der Waals surface area (Å²) in [7, 11) is 3.65. The molecule has 0 saturated carbocycles. The highest BCUT2D eigenvalue weighted by atomic mass is 127. The predicted molar refractivity (Wildman–Crippen MR) is 116 cm³/mol. The van der Waals surface area contributed by atoms with Crippen LogP contribution in [0.3, 0.4) is 0 Å². The van der Waals surface area contributed by atoms with Crippen molar-refractivity contribution in [3.63, 3.8) is 0 Å². The molecule has 1 aliphatic heterocycles. The first-order valence-electron chi connectivity index (χ1n) is 9.23. The van der Waals surface area contributed by atoms with E-state index in [0.29, 0.717) is 32.8 Å². The number of likely N-dealkylation sites (tertiary alicyclic amines) is 1. The molecule has 1 atom stereocenters. The lowest BCUT2D eigenvalue weighted by atomic mass is 10.1. The van der Waals surface area contributed by atoms with E-state index >= 15 is 0 Å². The van der Waals surface area contributed by atoms with Crippen molar-refractivity contribution in [1.29, 1.82) is 0 Å². The van der Waals surface area contributed by atoms with Gasteiger partial charge in [-0.15, -0.1) is 24.0 Å². The Balaban J connectivity index is 0.00000392. The van der Waals surface area contributed by atoms with Gasteiger partial charge in [0.15, 0.2) is 5.96 Å². The number of rotatable bonds is 7. The molecular weight excluding hydrogens is 484 g/mol. The van der Waals surface area contributed by atoms with Crippen molar-refractivity contribution in [2.75, 3.05) is 46.9 Å². The van der Waals surface area contributed by atoms with E-state index in [1.165, 1.54) is 4.90 Å². The average Bonchev–Trinajstić information content (AvgIpc) is 3.03. The number of ether oxygens (including phenoxy) is 1. The quantitative estimate of drug-likeness (QED) is 0.343. The molecule has 9 heteroatoms. The van der Waals surface area contributed by atoms with E-state index in [9.17, 15) is 13.2 Å². The monoisotopic (exact) mass is 514 g/mol. The Labute approximate surface area is 182 Å². The van der Waals surface area contributed by atoms with Gasteiger partial charge in [0.1, 0.15) is 5.75 Å². The van der Waals surface area contributed by atoms with Gasteiger partial charge < -0.3 is 15.0 Å². The summed E-state index contributed by atoms with van der Waals surface area (Å²) in [4.78, 5) is 7.75. The Morgan fingerprint density at radius 1 is 1.32 bits per heavy atom. The lowest BCUT2D eigenvalue weighted by Crippen LogP contribution is -2.41.